The SMILES string of the molecule is CCCC.CCCC.COC1OC2COC(c3ccccc3)OC2C([O-])C1[O-].[Sn+2]. The van der Waals surface area contributed by atoms with E-state index in [1.807, 2.05) is 30.3 Å². The van der Waals surface area contributed by atoms with E-state index in [9.17, 15) is 10.2 Å². The normalized spacial score (nSPS) is 30.4. The van der Waals surface area contributed by atoms with Gasteiger partial charge in [0.15, 0.2) is 6.29 Å². The Morgan fingerprint density at radius 3 is 1.93 bits per heavy atom. The van der Waals surface area contributed by atoms with E-state index in [-0.39, 0.29) is 30.5 Å². The first-order valence-electron chi connectivity index (χ1n) is 10.4. The van der Waals surface area contributed by atoms with Gasteiger partial charge in [0, 0.05) is 12.7 Å². The maximum absolute atomic E-state index is 12.1. The smallest absolute Gasteiger partial charge is 0.851 e. The number of rotatable bonds is 4. The molecular formula is C22H36O6Sn. The molecule has 3 rings (SSSR count). The van der Waals surface area contributed by atoms with Crippen molar-refractivity contribution >= 4 is 23.9 Å². The number of hydrogen-bond donors (Lipinski definition) is 0. The maximum Gasteiger partial charge on any atom is 2.00 e. The zero-order valence-electron chi connectivity index (χ0n) is 18.3. The molecule has 0 bridgehead atoms. The van der Waals surface area contributed by atoms with Crippen molar-refractivity contribution in [3.05, 3.63) is 35.9 Å². The number of fused-ring (bicyclic) bond motifs is 1. The van der Waals surface area contributed by atoms with Gasteiger partial charge in [-0.25, -0.2) is 0 Å². The predicted octanol–water partition coefficient (Wildman–Crippen LogP) is 2.16. The molecule has 0 amide bonds. The van der Waals surface area contributed by atoms with E-state index in [0.29, 0.717) is 0 Å². The Kier molecular flexibility index (Phi) is 16.3. The van der Waals surface area contributed by atoms with Crippen LogP contribution in [0, 0.1) is 0 Å². The van der Waals surface area contributed by atoms with Gasteiger partial charge < -0.3 is 29.2 Å². The van der Waals surface area contributed by atoms with Crippen molar-refractivity contribution in [3.63, 3.8) is 0 Å². The molecule has 6 nitrogen and oxygen atoms in total. The van der Waals surface area contributed by atoms with Crippen molar-refractivity contribution in [1.82, 2.24) is 0 Å². The predicted molar refractivity (Wildman–Crippen MR) is 110 cm³/mol. The zero-order chi connectivity index (χ0) is 20.9. The summed E-state index contributed by atoms with van der Waals surface area (Å²) >= 11 is 0. The van der Waals surface area contributed by atoms with Crippen LogP contribution in [-0.4, -0.2) is 68.3 Å². The molecule has 1 aromatic carbocycles. The van der Waals surface area contributed by atoms with Crippen molar-refractivity contribution in [2.24, 2.45) is 0 Å². The first kappa shape index (κ1) is 28.8. The Hall–Kier alpha value is -0.221. The molecule has 0 aliphatic carbocycles. The maximum atomic E-state index is 12.1. The second-order valence-corrected chi connectivity index (χ2v) is 6.88. The minimum Gasteiger partial charge on any atom is -0.851 e. The Morgan fingerprint density at radius 2 is 1.45 bits per heavy atom. The monoisotopic (exact) mass is 516 g/mol. The fraction of sp³-hybridized carbons (Fsp3) is 0.727. The van der Waals surface area contributed by atoms with E-state index in [2.05, 4.69) is 27.7 Å². The second kappa shape index (κ2) is 16.5. The topological polar surface area (TPSA) is 83.0 Å². The number of benzene rings is 1. The molecule has 2 saturated heterocycles. The Bertz CT molecular complexity index is 493. The van der Waals surface area contributed by atoms with Crippen LogP contribution < -0.4 is 10.2 Å². The van der Waals surface area contributed by atoms with Gasteiger partial charge in [-0.1, -0.05) is 89.8 Å². The molecule has 2 heterocycles. The van der Waals surface area contributed by atoms with Gasteiger partial charge in [-0.15, -0.1) is 6.10 Å². The number of ether oxygens (including phenoxy) is 4. The van der Waals surface area contributed by atoms with Gasteiger partial charge >= 0.3 is 23.9 Å². The third-order valence-electron chi connectivity index (χ3n) is 4.59. The van der Waals surface area contributed by atoms with Crippen molar-refractivity contribution in [2.45, 2.75) is 90.4 Å². The van der Waals surface area contributed by atoms with E-state index in [1.54, 1.807) is 0 Å². The summed E-state index contributed by atoms with van der Waals surface area (Å²) in [7, 11) is 1.35. The summed E-state index contributed by atoms with van der Waals surface area (Å²) in [4.78, 5) is 0. The number of unbranched alkanes of at least 4 members (excludes halogenated alkanes) is 2. The molecule has 7 heteroatoms. The van der Waals surface area contributed by atoms with Crippen LogP contribution in [0.1, 0.15) is 65.2 Å². The molecule has 2 aliphatic rings. The van der Waals surface area contributed by atoms with E-state index in [4.69, 9.17) is 18.9 Å². The molecule has 2 aliphatic heterocycles. The van der Waals surface area contributed by atoms with E-state index in [1.165, 1.54) is 32.8 Å². The van der Waals surface area contributed by atoms with Crippen molar-refractivity contribution in [1.29, 1.82) is 0 Å². The van der Waals surface area contributed by atoms with Crippen molar-refractivity contribution in [2.75, 3.05) is 13.7 Å². The van der Waals surface area contributed by atoms with Crippen molar-refractivity contribution in [3.8, 4) is 0 Å². The van der Waals surface area contributed by atoms with Crippen molar-refractivity contribution < 1.29 is 29.2 Å². The standard InChI is InChI=1S/C14H16O6.2C4H10.Sn/c1-17-14-11(16)10(15)12-9(19-14)7-18-13(20-12)8-5-3-2-4-6-8;2*1-3-4-2;/h2-6,9-14H,7H2,1H3;2*3-4H2,1-2H3;/q-2;;;+2. The minimum atomic E-state index is -1.50. The van der Waals surface area contributed by atoms with E-state index in [0.717, 1.165) is 5.56 Å². The second-order valence-electron chi connectivity index (χ2n) is 6.88. The largest absolute Gasteiger partial charge is 2.00 e. The third kappa shape index (κ3) is 9.21. The summed E-state index contributed by atoms with van der Waals surface area (Å²) in [6.45, 7) is 8.93. The Balaban J connectivity index is 0.000000752. The summed E-state index contributed by atoms with van der Waals surface area (Å²) in [5, 5.41) is 24.0. The molecule has 0 spiro atoms. The Labute approximate surface area is 192 Å². The average Bonchev–Trinajstić information content (AvgIpc) is 2.77. The molecule has 2 radical (unpaired) electrons. The van der Waals surface area contributed by atoms with Crippen LogP contribution in [0.3, 0.4) is 0 Å². The molecule has 0 aromatic heterocycles. The van der Waals surface area contributed by atoms with Gasteiger partial charge in [0.25, 0.3) is 0 Å². The molecule has 6 unspecified atom stereocenters. The first-order chi connectivity index (χ1) is 13.5. The molecule has 6 atom stereocenters. The zero-order valence-corrected chi connectivity index (χ0v) is 21.2. The van der Waals surface area contributed by atoms with Gasteiger partial charge in [0.1, 0.15) is 12.4 Å². The number of methoxy groups -OCH3 is 1. The minimum absolute atomic E-state index is 0. The summed E-state index contributed by atoms with van der Waals surface area (Å²) in [5.41, 5.74) is 0.814. The molecule has 2 fully saturated rings. The molecular weight excluding hydrogens is 479 g/mol. The number of hydrogen-bond acceptors (Lipinski definition) is 6. The van der Waals surface area contributed by atoms with Gasteiger partial charge in [-0.3, -0.25) is 0 Å². The van der Waals surface area contributed by atoms with Gasteiger partial charge in [-0.2, -0.15) is 0 Å². The van der Waals surface area contributed by atoms with Crippen LogP contribution in [0.25, 0.3) is 0 Å². The summed E-state index contributed by atoms with van der Waals surface area (Å²) in [6.07, 6.45) is -0.719. The first-order valence-corrected chi connectivity index (χ1v) is 10.4. The van der Waals surface area contributed by atoms with Crippen LogP contribution in [0.2, 0.25) is 0 Å². The summed E-state index contributed by atoms with van der Waals surface area (Å²) in [5.74, 6) is 0. The third-order valence-corrected chi connectivity index (χ3v) is 4.59. The van der Waals surface area contributed by atoms with Gasteiger partial charge in [0.2, 0.25) is 0 Å². The molecule has 164 valence electrons. The molecule has 29 heavy (non-hydrogen) atoms. The fourth-order valence-corrected chi connectivity index (χ4v) is 2.52. The van der Waals surface area contributed by atoms with Gasteiger partial charge in [0.05, 0.1) is 12.7 Å². The summed E-state index contributed by atoms with van der Waals surface area (Å²) in [6, 6.07) is 9.30. The quantitative estimate of drug-likeness (QED) is 0.572. The average molecular weight is 515 g/mol. The van der Waals surface area contributed by atoms with E-state index < -0.39 is 37.0 Å². The molecule has 0 saturated carbocycles. The molecule has 1 aromatic rings. The van der Waals surface area contributed by atoms with Crippen LogP contribution in [-0.2, 0) is 18.9 Å². The van der Waals surface area contributed by atoms with Crippen LogP contribution >= 0.6 is 0 Å². The van der Waals surface area contributed by atoms with E-state index >= 15 is 0 Å². The Morgan fingerprint density at radius 1 is 0.897 bits per heavy atom. The fourth-order valence-electron chi connectivity index (χ4n) is 2.52. The van der Waals surface area contributed by atoms with Crippen LogP contribution in [0.5, 0.6) is 0 Å². The van der Waals surface area contributed by atoms with Crippen LogP contribution in [0.15, 0.2) is 30.3 Å². The molecule has 0 N–H and O–H groups in total. The summed E-state index contributed by atoms with van der Waals surface area (Å²) < 4.78 is 21.5. The van der Waals surface area contributed by atoms with Crippen LogP contribution in [0.4, 0.5) is 0 Å². The van der Waals surface area contributed by atoms with Gasteiger partial charge in [-0.05, 0) is 0 Å².